The van der Waals surface area contributed by atoms with Crippen molar-refractivity contribution < 1.29 is 113 Å². The largest absolute Gasteiger partial charge is 0.508 e. The van der Waals surface area contributed by atoms with E-state index in [4.69, 9.17) is 40.0 Å². The molecule has 0 aromatic heterocycles. The van der Waals surface area contributed by atoms with E-state index in [1.807, 2.05) is 27.7 Å². The Kier molecular flexibility index (Phi) is 25.3. The summed E-state index contributed by atoms with van der Waals surface area (Å²) in [5.41, 5.74) is -1.74. The Balaban J connectivity index is 0.953. The van der Waals surface area contributed by atoms with Gasteiger partial charge in [0.05, 0.1) is 17.7 Å². The van der Waals surface area contributed by atoms with Gasteiger partial charge in [-0.05, 0) is 200 Å². The lowest BCUT2D eigenvalue weighted by atomic mass is 9.54. The second-order valence-electron chi connectivity index (χ2n) is 31.9. The summed E-state index contributed by atoms with van der Waals surface area (Å²) in [6.45, 7) is 8.94. The van der Waals surface area contributed by atoms with Gasteiger partial charge in [0.2, 0.25) is 59.2 Å². The van der Waals surface area contributed by atoms with Crippen LogP contribution in [0.25, 0.3) is 11.1 Å². The van der Waals surface area contributed by atoms with Gasteiger partial charge in [-0.1, -0.05) is 69.6 Å². The number of carbonyl (C=O) groups is 8. The summed E-state index contributed by atoms with van der Waals surface area (Å²) in [7, 11) is 1.51. The molecule has 11 aliphatic rings. The first-order chi connectivity index (χ1) is 56.5. The molecule has 5 fully saturated rings. The van der Waals surface area contributed by atoms with Crippen LogP contribution in [0, 0.1) is 29.6 Å². The third-order valence-corrected chi connectivity index (χ3v) is 23.8. The molecule has 0 spiro atoms. The van der Waals surface area contributed by atoms with Gasteiger partial charge in [-0.25, -0.2) is 0 Å². The molecule has 118 heavy (non-hydrogen) atoms. The molecule has 6 aliphatic heterocycles. The molecular weight excluding hydrogens is 1550 g/mol. The molecule has 17 rings (SSSR count). The molecule has 6 aromatic rings. The fourth-order valence-electron chi connectivity index (χ4n) is 17.7. The molecule has 6 aromatic carbocycles. The van der Waals surface area contributed by atoms with Crippen molar-refractivity contribution in [3.05, 3.63) is 153 Å². The molecule has 15 bridgehead atoms. The zero-order valence-corrected chi connectivity index (χ0v) is 66.1. The van der Waals surface area contributed by atoms with Gasteiger partial charge >= 0.3 is 0 Å². The number of amides is 7. The minimum atomic E-state index is -2.95. The first-order valence-corrected chi connectivity index (χ1v) is 40.3. The van der Waals surface area contributed by atoms with Crippen LogP contribution in [0.4, 0.5) is 0 Å². The number of likely N-dealkylation sites (N-methyl/N-ethyl adjacent to an activating group) is 3. The lowest BCUT2D eigenvalue weighted by molar-refractivity contribution is -0.277. The molecule has 14 atom stereocenters. The molecule has 19 N–H and O–H groups in total. The predicted molar refractivity (Wildman–Crippen MR) is 421 cm³/mol. The summed E-state index contributed by atoms with van der Waals surface area (Å²) >= 11 is 7.15. The number of Topliss-reactive ketones (excluding diaryl/α,β-unsaturated/α-hetero) is 1. The van der Waals surface area contributed by atoms with E-state index in [2.05, 4.69) is 53.2 Å². The van der Waals surface area contributed by atoms with Gasteiger partial charge in [0.15, 0.2) is 28.8 Å². The number of benzene rings is 6. The minimum Gasteiger partial charge on any atom is -0.508 e. The molecule has 5 aliphatic carbocycles. The van der Waals surface area contributed by atoms with Gasteiger partial charge < -0.3 is 128 Å². The number of aromatic hydroxyl groups is 1. The predicted octanol–water partition coefficient (Wildman–Crippen LogP) is 2.53. The van der Waals surface area contributed by atoms with Gasteiger partial charge in [0, 0.05) is 42.2 Å². The fourth-order valence-corrected chi connectivity index (χ4v) is 17.9. The first-order valence-electron chi connectivity index (χ1n) is 39.9. The molecule has 34 heteroatoms. The van der Waals surface area contributed by atoms with Crippen LogP contribution in [0.5, 0.6) is 46.0 Å². The molecule has 6 heterocycles. The van der Waals surface area contributed by atoms with Crippen molar-refractivity contribution in [1.82, 2.24) is 53.2 Å². The number of rotatable bonds is 23. The second kappa shape index (κ2) is 35.4. The number of ether oxygens (including phenoxy) is 6. The number of ketones is 1. The summed E-state index contributed by atoms with van der Waals surface area (Å²) in [4.78, 5) is 126. The highest BCUT2D eigenvalue weighted by atomic mass is 35.5. The van der Waals surface area contributed by atoms with Crippen LogP contribution in [-0.4, -0.2) is 207 Å². The number of hydrogen-bond acceptors (Lipinski definition) is 26. The molecule has 0 radical (unpaired) electrons. The summed E-state index contributed by atoms with van der Waals surface area (Å²) in [5.74, 6) is -13.0. The van der Waals surface area contributed by atoms with Crippen LogP contribution >= 0.6 is 11.6 Å². The normalized spacial score (nSPS) is 28.2. The Morgan fingerprint density at radius 1 is 0.627 bits per heavy atom. The van der Waals surface area contributed by atoms with Crippen LogP contribution in [0.2, 0.25) is 5.02 Å². The van der Waals surface area contributed by atoms with Crippen LogP contribution in [0.1, 0.15) is 152 Å². The van der Waals surface area contributed by atoms with Crippen LogP contribution in [0.15, 0.2) is 103 Å². The number of hydrogen-bond donors (Lipinski definition) is 19. The Bertz CT molecular complexity index is 4790. The quantitative estimate of drug-likeness (QED) is 0.0249. The zero-order valence-electron chi connectivity index (χ0n) is 65.4. The topological polar surface area (TPSA) is 494 Å². The van der Waals surface area contributed by atoms with Crippen molar-refractivity contribution in [2.45, 2.75) is 170 Å². The maximum atomic E-state index is 16.6. The van der Waals surface area contributed by atoms with Crippen LogP contribution in [0.3, 0.4) is 0 Å². The summed E-state index contributed by atoms with van der Waals surface area (Å²) in [5, 5.41) is 134. The maximum absolute atomic E-state index is 16.6. The SMILES string of the molecule is CCNCCOc1ccc(C(=O)C[C@@H]2NC(=O)[C@H](NC(=O)[C@@H](CC(C)C)NC)[C@H](O)c3ccc(c(Cl)c3)Oc3cc4cc(c3O[C@@H]3O[C@H](CO)[C@@H](O)[C@H](O)[C@H]3O)Oc3ccc(cc3)[C@@H](O)[C@@H]3NC(=O)[C@H](NC(=O)[C@@H]4NC2=O)c2ccc4c(c2)-c2c(cc(O)cc2C4(O)O)[C@@H](C(=O)NC2C4CC5CC(C4)CC2C5)NC3=O)cc1OCCNCC. The highest BCUT2D eigenvalue weighted by Gasteiger charge is 2.52. The van der Waals surface area contributed by atoms with Crippen LogP contribution in [-0.2, 0) is 44.1 Å². The third kappa shape index (κ3) is 17.4. The summed E-state index contributed by atoms with van der Waals surface area (Å²) in [6.07, 6.45) is -10.0. The smallest absolute Gasteiger partial charge is 0.248 e. The standard InChI is InChI=1S/C84H99ClN10O23/c1-6-87-18-20-113-58-17-11-41(30-59(58)114-21-19-88-7-2)56(98)35-55-77(105)91-66-46-31-60(75(118-83-74(103)73(102)72(101)62(36-96)117-83)61(32-46)116-57-16-12-43(29-53(57)85)71(100)69(81(109)89-55)94-76(104)54(86-5)22-37(3)4)115-48-13-8-40(9-14-48)70(99)68-82(110)93-67(80(108)90-64-44-24-38-23-39(26-44)27-45(64)25-38)50-33-47(97)34-52-63(50)49-28-42(10-15-51(49)84(52,111)112)65(78(106)95-68)92-79(66)107/h8-17,28-34,37-39,44-45,54-55,62,64-74,83,86-88,96-97,99-103,111-112H,6-7,18-27,35-36H2,1-5H3,(H,89,109)(H,90,108)(H,91,105)(H,92,107)(H,93,110)(H,94,104)(H,95,106)/t38?,39?,44?,45?,54-,55+,62-,64?,65-,66-,67+,68+,69-,70-,71-,72-,73+,74-,83+/m1/s1. The Morgan fingerprint density at radius 2 is 1.27 bits per heavy atom. The number of phenols is 1. The van der Waals surface area contributed by atoms with E-state index >= 15 is 33.6 Å². The van der Waals surface area contributed by atoms with Gasteiger partial charge in [-0.2, -0.15) is 0 Å². The monoisotopic (exact) mass is 1650 g/mol. The van der Waals surface area contributed by atoms with E-state index in [-0.39, 0.29) is 127 Å². The number of carbonyl (C=O) groups excluding carboxylic acids is 8. The summed E-state index contributed by atoms with van der Waals surface area (Å²) in [6, 6.07) is 7.56. The molecule has 1 saturated heterocycles. The van der Waals surface area contributed by atoms with Crippen molar-refractivity contribution >= 4 is 58.7 Å². The minimum absolute atomic E-state index is 0.0632. The van der Waals surface area contributed by atoms with Crippen molar-refractivity contribution in [2.24, 2.45) is 29.6 Å². The van der Waals surface area contributed by atoms with Crippen molar-refractivity contribution in [2.75, 3.05) is 53.0 Å². The first kappa shape index (κ1) is 84.3. The molecule has 0 unspecified atom stereocenters. The zero-order chi connectivity index (χ0) is 83.9. The van der Waals surface area contributed by atoms with E-state index in [0.29, 0.717) is 38.0 Å². The average Bonchev–Trinajstić information content (AvgIpc) is 1.55. The highest BCUT2D eigenvalue weighted by molar-refractivity contribution is 6.32. The van der Waals surface area contributed by atoms with E-state index < -0.39 is 174 Å². The van der Waals surface area contributed by atoms with Crippen molar-refractivity contribution in [3.63, 3.8) is 0 Å². The second-order valence-corrected chi connectivity index (χ2v) is 32.3. The lowest BCUT2D eigenvalue weighted by Gasteiger charge is -2.54. The molecule has 4 saturated carbocycles. The van der Waals surface area contributed by atoms with E-state index in [0.717, 1.165) is 50.3 Å². The Labute approximate surface area is 683 Å². The van der Waals surface area contributed by atoms with Crippen molar-refractivity contribution in [3.8, 4) is 57.1 Å². The maximum Gasteiger partial charge on any atom is 0.248 e. The van der Waals surface area contributed by atoms with Crippen molar-refractivity contribution in [1.29, 1.82) is 0 Å². The Morgan fingerprint density at radius 3 is 1.93 bits per heavy atom. The van der Waals surface area contributed by atoms with Gasteiger partial charge in [0.1, 0.15) is 103 Å². The highest BCUT2D eigenvalue weighted by Crippen LogP contribution is 2.56. The van der Waals surface area contributed by atoms with Crippen LogP contribution < -0.4 is 76.9 Å². The lowest BCUT2D eigenvalue weighted by Crippen LogP contribution is -2.60. The third-order valence-electron chi connectivity index (χ3n) is 23.5. The van der Waals surface area contributed by atoms with Gasteiger partial charge in [0.25, 0.3) is 0 Å². The van der Waals surface area contributed by atoms with Gasteiger partial charge in [-0.3, -0.25) is 38.4 Å². The summed E-state index contributed by atoms with van der Waals surface area (Å²) < 4.78 is 37.9. The number of fused-ring (bicyclic) bond motifs is 12. The molecular formula is C84H99ClN10O23. The van der Waals surface area contributed by atoms with E-state index in [1.165, 1.54) is 92.0 Å². The average molecular weight is 1650 g/mol. The van der Waals surface area contributed by atoms with E-state index in [1.54, 1.807) is 0 Å². The number of halogens is 1. The molecule has 630 valence electrons. The molecule has 7 amide bonds. The number of aliphatic hydroxyl groups is 8. The molecule has 33 nitrogen and oxygen atoms in total. The fraction of sp³-hybridized carbons (Fsp3) is 0.476. The Hall–Kier alpha value is -10.1. The van der Waals surface area contributed by atoms with E-state index in [9.17, 15) is 50.8 Å². The van der Waals surface area contributed by atoms with Gasteiger partial charge in [-0.15, -0.1) is 0 Å². The number of aliphatic hydroxyl groups excluding tert-OH is 6. The number of phenolic OH excluding ortho intramolecular Hbond substituents is 1. The number of nitrogens with one attached hydrogen (secondary N) is 10.